The molecule has 148 valence electrons. The summed E-state index contributed by atoms with van der Waals surface area (Å²) in [4.78, 5) is 0. The first kappa shape index (κ1) is 26.6. The lowest BCUT2D eigenvalue weighted by molar-refractivity contribution is 0.122. The van der Waals surface area contributed by atoms with Crippen molar-refractivity contribution >= 4 is 21.2 Å². The van der Waals surface area contributed by atoms with Crippen molar-refractivity contribution in [1.82, 2.24) is 0 Å². The zero-order valence-corrected chi connectivity index (χ0v) is 18.6. The lowest BCUT2D eigenvalue weighted by Gasteiger charge is -2.24. The minimum atomic E-state index is -2.32. The van der Waals surface area contributed by atoms with Gasteiger partial charge in [0, 0.05) is 27.4 Å². The predicted octanol–water partition coefficient (Wildman–Crippen LogP) is 6.77. The molecule has 0 unspecified atom stereocenters. The van der Waals surface area contributed by atoms with E-state index < -0.39 is 8.80 Å². The highest BCUT2D eigenvalue weighted by Gasteiger charge is 2.36. The van der Waals surface area contributed by atoms with Gasteiger partial charge in [0.25, 0.3) is 0 Å². The topological polar surface area (TPSA) is 27.7 Å². The molecule has 0 rings (SSSR count). The summed E-state index contributed by atoms with van der Waals surface area (Å²) in [5.41, 5.74) is 0. The second-order valence-electron chi connectivity index (χ2n) is 6.64. The van der Waals surface area contributed by atoms with E-state index >= 15 is 0 Å². The third-order valence-electron chi connectivity index (χ3n) is 4.77. The van der Waals surface area contributed by atoms with Crippen LogP contribution in [0.15, 0.2) is 0 Å². The molecule has 0 saturated carbocycles. The zero-order chi connectivity index (χ0) is 17.2. The monoisotopic (exact) mass is 382 g/mol. The molecule has 0 atom stereocenters. The molecule has 0 amide bonds. The van der Waals surface area contributed by atoms with Crippen LogP contribution in [0.5, 0.6) is 0 Å². The van der Waals surface area contributed by atoms with Gasteiger partial charge in [0.2, 0.25) is 0 Å². The SMILES string of the molecule is CCCCCCCCCCCCCCCC[Si](OC)(OC)OC.Cl. The Labute approximate surface area is 159 Å². The van der Waals surface area contributed by atoms with Crippen molar-refractivity contribution in [3.8, 4) is 0 Å². The van der Waals surface area contributed by atoms with Crippen molar-refractivity contribution in [3.63, 3.8) is 0 Å². The number of hydrogen-bond acceptors (Lipinski definition) is 3. The van der Waals surface area contributed by atoms with Gasteiger partial charge in [0.05, 0.1) is 0 Å². The molecule has 0 aromatic heterocycles. The third kappa shape index (κ3) is 14.7. The van der Waals surface area contributed by atoms with Gasteiger partial charge in [0.15, 0.2) is 0 Å². The summed E-state index contributed by atoms with van der Waals surface area (Å²) in [5, 5.41) is 0. The van der Waals surface area contributed by atoms with Gasteiger partial charge in [-0.2, -0.15) is 0 Å². The van der Waals surface area contributed by atoms with Gasteiger partial charge in [-0.3, -0.25) is 0 Å². The van der Waals surface area contributed by atoms with E-state index in [0.29, 0.717) is 0 Å². The Morgan fingerprint density at radius 3 is 1.08 bits per heavy atom. The van der Waals surface area contributed by atoms with Crippen molar-refractivity contribution in [2.45, 2.75) is 103 Å². The van der Waals surface area contributed by atoms with Crippen LogP contribution in [-0.2, 0) is 13.3 Å². The molecule has 5 heteroatoms. The molecular formula is C19H43ClO3Si. The lowest BCUT2D eigenvalue weighted by atomic mass is 10.0. The van der Waals surface area contributed by atoms with Crippen LogP contribution in [0.2, 0.25) is 6.04 Å². The third-order valence-corrected chi connectivity index (χ3v) is 7.60. The first-order chi connectivity index (χ1) is 11.2. The molecule has 0 spiro atoms. The number of unbranched alkanes of at least 4 members (excludes halogenated alkanes) is 13. The van der Waals surface area contributed by atoms with E-state index in [2.05, 4.69) is 6.92 Å². The van der Waals surface area contributed by atoms with E-state index in [-0.39, 0.29) is 12.4 Å². The molecule has 0 aromatic rings. The molecule has 0 N–H and O–H groups in total. The average Bonchev–Trinajstić information content (AvgIpc) is 2.59. The van der Waals surface area contributed by atoms with Crippen LogP contribution in [0, 0.1) is 0 Å². The van der Waals surface area contributed by atoms with Crippen molar-refractivity contribution in [2.75, 3.05) is 21.3 Å². The van der Waals surface area contributed by atoms with Gasteiger partial charge in [-0.25, -0.2) is 0 Å². The highest BCUT2D eigenvalue weighted by molar-refractivity contribution is 6.60. The van der Waals surface area contributed by atoms with E-state index in [1.54, 1.807) is 21.3 Å². The fraction of sp³-hybridized carbons (Fsp3) is 1.00. The average molecular weight is 383 g/mol. The zero-order valence-electron chi connectivity index (χ0n) is 16.7. The largest absolute Gasteiger partial charge is 0.500 e. The fourth-order valence-corrected chi connectivity index (χ4v) is 4.89. The molecule has 0 aliphatic rings. The number of halogens is 1. The summed E-state index contributed by atoms with van der Waals surface area (Å²) in [5.74, 6) is 0. The molecular weight excluding hydrogens is 340 g/mol. The maximum Gasteiger partial charge on any atom is 0.500 e. The van der Waals surface area contributed by atoms with Gasteiger partial charge in [0.1, 0.15) is 0 Å². The number of hydrogen-bond donors (Lipinski definition) is 0. The Balaban J connectivity index is 0. The molecule has 3 nitrogen and oxygen atoms in total. The van der Waals surface area contributed by atoms with Crippen LogP contribution in [0.3, 0.4) is 0 Å². The second kappa shape index (κ2) is 19.7. The van der Waals surface area contributed by atoms with Crippen molar-refractivity contribution in [1.29, 1.82) is 0 Å². The Morgan fingerprint density at radius 2 is 0.792 bits per heavy atom. The molecule has 0 aromatic carbocycles. The second-order valence-corrected chi connectivity index (χ2v) is 9.73. The van der Waals surface area contributed by atoms with Gasteiger partial charge >= 0.3 is 8.80 Å². The van der Waals surface area contributed by atoms with Gasteiger partial charge in [-0.15, -0.1) is 12.4 Å². The first-order valence-electron chi connectivity index (χ1n) is 9.90. The minimum absolute atomic E-state index is 0. The van der Waals surface area contributed by atoms with E-state index in [0.717, 1.165) is 12.5 Å². The molecule has 0 heterocycles. The normalized spacial score (nSPS) is 11.5. The molecule has 0 aliphatic heterocycles. The molecule has 0 bridgehead atoms. The first-order valence-corrected chi connectivity index (χ1v) is 11.8. The standard InChI is InChI=1S/C19H42O3Si.ClH/c1-5-6-7-8-9-10-11-12-13-14-15-16-17-18-19-23(20-2,21-3)22-4;/h5-19H2,1-4H3;1H. The summed E-state index contributed by atoms with van der Waals surface area (Å²) >= 11 is 0. The van der Waals surface area contributed by atoms with E-state index in [4.69, 9.17) is 13.3 Å². The number of rotatable bonds is 18. The Morgan fingerprint density at radius 1 is 0.500 bits per heavy atom. The molecule has 24 heavy (non-hydrogen) atoms. The molecule has 0 saturated heterocycles. The fourth-order valence-electron chi connectivity index (χ4n) is 3.09. The smallest absolute Gasteiger partial charge is 0.377 e. The van der Waals surface area contributed by atoms with E-state index in [1.165, 1.54) is 83.5 Å². The van der Waals surface area contributed by atoms with Gasteiger partial charge in [-0.05, 0) is 6.42 Å². The van der Waals surface area contributed by atoms with Crippen LogP contribution in [0.1, 0.15) is 96.8 Å². The van der Waals surface area contributed by atoms with Crippen LogP contribution in [0.25, 0.3) is 0 Å². The quantitative estimate of drug-likeness (QED) is 0.193. The van der Waals surface area contributed by atoms with E-state index in [9.17, 15) is 0 Å². The highest BCUT2D eigenvalue weighted by atomic mass is 35.5. The lowest BCUT2D eigenvalue weighted by Crippen LogP contribution is -2.42. The van der Waals surface area contributed by atoms with Crippen molar-refractivity contribution in [2.24, 2.45) is 0 Å². The summed E-state index contributed by atoms with van der Waals surface area (Å²) in [6.07, 6.45) is 19.4. The van der Waals surface area contributed by atoms with Crippen LogP contribution in [-0.4, -0.2) is 30.1 Å². The molecule has 0 aliphatic carbocycles. The van der Waals surface area contributed by atoms with Crippen LogP contribution in [0.4, 0.5) is 0 Å². The minimum Gasteiger partial charge on any atom is -0.377 e. The van der Waals surface area contributed by atoms with Crippen molar-refractivity contribution < 1.29 is 13.3 Å². The summed E-state index contributed by atoms with van der Waals surface area (Å²) in [6, 6.07) is 0.939. The van der Waals surface area contributed by atoms with Crippen LogP contribution >= 0.6 is 12.4 Å². The maximum absolute atomic E-state index is 5.44. The molecule has 0 radical (unpaired) electrons. The van der Waals surface area contributed by atoms with Gasteiger partial charge < -0.3 is 13.3 Å². The summed E-state index contributed by atoms with van der Waals surface area (Å²) < 4.78 is 16.3. The Hall–Kier alpha value is 0.387. The maximum atomic E-state index is 5.44. The highest BCUT2D eigenvalue weighted by Crippen LogP contribution is 2.18. The Kier molecular flexibility index (Phi) is 21.9. The summed E-state index contributed by atoms with van der Waals surface area (Å²) in [6.45, 7) is 2.28. The van der Waals surface area contributed by atoms with Crippen LogP contribution < -0.4 is 0 Å². The predicted molar refractivity (Wildman–Crippen MR) is 109 cm³/mol. The Bertz CT molecular complexity index is 230. The summed E-state index contributed by atoms with van der Waals surface area (Å²) in [7, 11) is 2.77. The molecule has 0 fully saturated rings. The van der Waals surface area contributed by atoms with E-state index in [1.807, 2.05) is 0 Å². The van der Waals surface area contributed by atoms with Gasteiger partial charge in [-0.1, -0.05) is 90.4 Å². The van der Waals surface area contributed by atoms with Crippen molar-refractivity contribution in [3.05, 3.63) is 0 Å².